The lowest BCUT2D eigenvalue weighted by molar-refractivity contribution is -0.145. The van der Waals surface area contributed by atoms with Crippen molar-refractivity contribution in [1.82, 2.24) is 14.9 Å². The highest BCUT2D eigenvalue weighted by atomic mass is 32.1. The minimum absolute atomic E-state index is 0.0867. The quantitative estimate of drug-likeness (QED) is 0.455. The number of likely N-dealkylation sites (tertiary alicyclic amines) is 1. The molecule has 0 aliphatic carbocycles. The summed E-state index contributed by atoms with van der Waals surface area (Å²) >= 11 is 2.41. The Morgan fingerprint density at radius 2 is 1.94 bits per heavy atom. The van der Waals surface area contributed by atoms with Gasteiger partial charge in [0.15, 0.2) is 10.8 Å². The van der Waals surface area contributed by atoms with Gasteiger partial charge in [0.2, 0.25) is 5.91 Å². The van der Waals surface area contributed by atoms with Crippen molar-refractivity contribution in [2.45, 2.75) is 51.1 Å². The molecule has 2 aromatic heterocycles. The van der Waals surface area contributed by atoms with E-state index >= 15 is 0 Å². The number of thiazole rings is 2. The molecule has 180 valence electrons. The van der Waals surface area contributed by atoms with E-state index in [0.717, 1.165) is 5.56 Å². The second-order valence-corrected chi connectivity index (χ2v) is 10.5. The van der Waals surface area contributed by atoms with E-state index in [1.54, 1.807) is 5.38 Å². The molecule has 4 rings (SSSR count). The standard InChI is InChI=1S/C23H25FN4O4S2/c1-23(2,24)21(32)28-9-14(13-6-4-3-5-7-13)8-17(28)20(31)27-22-26-16(12-33-22)19-15(10-29)25-18(11-30)34-19/h3-7,12,14,17,29-30H,8-11H2,1-2H3,(H,26,27,31)/t14-,17+/m1/s1. The van der Waals surface area contributed by atoms with Gasteiger partial charge in [-0.15, -0.1) is 22.7 Å². The summed E-state index contributed by atoms with van der Waals surface area (Å²) in [6.45, 7) is 2.10. The first-order valence-electron chi connectivity index (χ1n) is 10.7. The van der Waals surface area contributed by atoms with Gasteiger partial charge in [-0.2, -0.15) is 0 Å². The molecule has 0 spiro atoms. The van der Waals surface area contributed by atoms with Crippen LogP contribution in [0.15, 0.2) is 35.7 Å². The van der Waals surface area contributed by atoms with Crippen LogP contribution in [0.3, 0.4) is 0 Å². The smallest absolute Gasteiger partial charge is 0.260 e. The summed E-state index contributed by atoms with van der Waals surface area (Å²) in [6.07, 6.45) is 0.374. The summed E-state index contributed by atoms with van der Waals surface area (Å²) in [7, 11) is 0. The maximum Gasteiger partial charge on any atom is 0.260 e. The molecule has 11 heteroatoms. The fourth-order valence-electron chi connectivity index (χ4n) is 4.02. The van der Waals surface area contributed by atoms with Crippen LogP contribution < -0.4 is 5.32 Å². The molecule has 3 N–H and O–H groups in total. The number of alkyl halides is 1. The van der Waals surface area contributed by atoms with Crippen LogP contribution in [0.2, 0.25) is 0 Å². The highest BCUT2D eigenvalue weighted by Gasteiger charge is 2.44. The van der Waals surface area contributed by atoms with Gasteiger partial charge in [-0.1, -0.05) is 30.3 Å². The predicted molar refractivity (Wildman–Crippen MR) is 128 cm³/mol. The Balaban J connectivity index is 1.55. The maximum atomic E-state index is 14.5. The van der Waals surface area contributed by atoms with Crippen LogP contribution in [-0.2, 0) is 22.8 Å². The first kappa shape index (κ1) is 24.4. The van der Waals surface area contributed by atoms with E-state index < -0.39 is 23.5 Å². The Morgan fingerprint density at radius 3 is 2.59 bits per heavy atom. The number of amides is 2. The van der Waals surface area contributed by atoms with E-state index in [1.807, 2.05) is 30.3 Å². The number of aliphatic hydroxyl groups is 2. The summed E-state index contributed by atoms with van der Waals surface area (Å²) in [5.74, 6) is -1.24. The van der Waals surface area contributed by atoms with Gasteiger partial charge in [0.25, 0.3) is 5.91 Å². The monoisotopic (exact) mass is 504 g/mol. The van der Waals surface area contributed by atoms with Crippen LogP contribution in [0.25, 0.3) is 10.6 Å². The van der Waals surface area contributed by atoms with Gasteiger partial charge in [-0.3, -0.25) is 9.59 Å². The lowest BCUT2D eigenvalue weighted by Gasteiger charge is -2.27. The van der Waals surface area contributed by atoms with E-state index in [1.165, 1.54) is 41.4 Å². The summed E-state index contributed by atoms with van der Waals surface area (Å²) in [5.41, 5.74) is -0.186. The molecule has 1 aliphatic heterocycles. The second kappa shape index (κ2) is 9.87. The molecule has 1 aromatic carbocycles. The molecule has 2 amide bonds. The molecule has 34 heavy (non-hydrogen) atoms. The van der Waals surface area contributed by atoms with Crippen LogP contribution in [-0.4, -0.2) is 55.2 Å². The van der Waals surface area contributed by atoms with Crippen LogP contribution in [0.1, 0.15) is 42.5 Å². The van der Waals surface area contributed by atoms with E-state index in [9.17, 15) is 24.2 Å². The fraction of sp³-hybridized carbons (Fsp3) is 0.391. The number of anilines is 1. The molecule has 0 radical (unpaired) electrons. The normalized spacial score (nSPS) is 18.3. The van der Waals surface area contributed by atoms with Crippen molar-refractivity contribution >= 4 is 39.6 Å². The number of carbonyl (C=O) groups excluding carboxylic acids is 2. The summed E-state index contributed by atoms with van der Waals surface area (Å²) in [6, 6.07) is 8.73. The highest BCUT2D eigenvalue weighted by Crippen LogP contribution is 2.36. The van der Waals surface area contributed by atoms with Crippen molar-refractivity contribution in [2.24, 2.45) is 0 Å². The number of rotatable bonds is 7. The van der Waals surface area contributed by atoms with Gasteiger partial charge in [-0.25, -0.2) is 14.4 Å². The molecule has 0 saturated carbocycles. The van der Waals surface area contributed by atoms with Gasteiger partial charge < -0.3 is 20.4 Å². The van der Waals surface area contributed by atoms with E-state index in [4.69, 9.17) is 0 Å². The summed E-state index contributed by atoms with van der Waals surface area (Å²) in [4.78, 5) is 36.5. The minimum atomic E-state index is -2.10. The third-order valence-corrected chi connectivity index (χ3v) is 7.50. The molecule has 8 nitrogen and oxygen atoms in total. The van der Waals surface area contributed by atoms with Crippen LogP contribution in [0.4, 0.5) is 9.52 Å². The van der Waals surface area contributed by atoms with Crippen molar-refractivity contribution in [3.05, 3.63) is 52.0 Å². The van der Waals surface area contributed by atoms with Crippen molar-refractivity contribution < 1.29 is 24.2 Å². The molecule has 1 fully saturated rings. The zero-order chi connectivity index (χ0) is 24.5. The van der Waals surface area contributed by atoms with Gasteiger partial charge in [0, 0.05) is 17.8 Å². The topological polar surface area (TPSA) is 116 Å². The average Bonchev–Trinajstić information content (AvgIpc) is 3.56. The van der Waals surface area contributed by atoms with Gasteiger partial charge >= 0.3 is 0 Å². The van der Waals surface area contributed by atoms with Crippen LogP contribution in [0.5, 0.6) is 0 Å². The number of carbonyl (C=O) groups is 2. The maximum absolute atomic E-state index is 14.5. The van der Waals surface area contributed by atoms with Gasteiger partial charge in [0.05, 0.1) is 29.5 Å². The number of aromatic nitrogens is 2. The number of hydrogen-bond donors (Lipinski definition) is 3. The Hall–Kier alpha value is -2.73. The van der Waals surface area contributed by atoms with Crippen molar-refractivity contribution in [3.63, 3.8) is 0 Å². The molecule has 1 saturated heterocycles. The Kier molecular flexibility index (Phi) is 7.08. The molecule has 3 aromatic rings. The average molecular weight is 505 g/mol. The lowest BCUT2D eigenvalue weighted by Crippen LogP contribution is -2.49. The number of aliphatic hydroxyl groups excluding tert-OH is 2. The van der Waals surface area contributed by atoms with Crippen molar-refractivity contribution in [1.29, 1.82) is 0 Å². The fourth-order valence-corrected chi connectivity index (χ4v) is 5.69. The van der Waals surface area contributed by atoms with Crippen LogP contribution in [0, 0.1) is 0 Å². The van der Waals surface area contributed by atoms with Crippen LogP contribution >= 0.6 is 22.7 Å². The number of nitrogens with one attached hydrogen (secondary N) is 1. The number of hydrogen-bond acceptors (Lipinski definition) is 8. The molecule has 0 bridgehead atoms. The summed E-state index contributed by atoms with van der Waals surface area (Å²) < 4.78 is 14.5. The second-order valence-electron chi connectivity index (χ2n) is 8.52. The third kappa shape index (κ3) is 5.02. The van der Waals surface area contributed by atoms with Gasteiger partial charge in [0.1, 0.15) is 11.0 Å². The number of nitrogens with zero attached hydrogens (tertiary/aromatic N) is 3. The summed E-state index contributed by atoms with van der Waals surface area (Å²) in [5, 5.41) is 24.1. The molecular formula is C23H25FN4O4S2. The Labute approximate surface area is 204 Å². The lowest BCUT2D eigenvalue weighted by atomic mass is 9.96. The largest absolute Gasteiger partial charge is 0.390 e. The molecule has 2 atom stereocenters. The minimum Gasteiger partial charge on any atom is -0.390 e. The highest BCUT2D eigenvalue weighted by molar-refractivity contribution is 7.17. The Morgan fingerprint density at radius 1 is 1.21 bits per heavy atom. The first-order chi connectivity index (χ1) is 16.2. The molecule has 1 aliphatic rings. The molecule has 0 unspecified atom stereocenters. The van der Waals surface area contributed by atoms with E-state index in [2.05, 4.69) is 15.3 Å². The van der Waals surface area contributed by atoms with Crippen molar-refractivity contribution in [2.75, 3.05) is 11.9 Å². The Bertz CT molecular complexity index is 1180. The SMILES string of the molecule is CC(C)(F)C(=O)N1C[C@H](c2ccccc2)C[C@H]1C(=O)Nc1nc(-c2sc(CO)nc2CO)cs1. The van der Waals surface area contributed by atoms with E-state index in [0.29, 0.717) is 32.8 Å². The molecular weight excluding hydrogens is 479 g/mol. The zero-order valence-corrected chi connectivity index (χ0v) is 20.3. The van der Waals surface area contributed by atoms with Crippen molar-refractivity contribution in [3.8, 4) is 10.6 Å². The van der Waals surface area contributed by atoms with E-state index in [-0.39, 0.29) is 25.7 Å². The predicted octanol–water partition coefficient (Wildman–Crippen LogP) is 3.32. The van der Waals surface area contributed by atoms with Gasteiger partial charge in [-0.05, 0) is 25.8 Å². The zero-order valence-electron chi connectivity index (χ0n) is 18.7. The number of benzene rings is 1. The first-order valence-corrected chi connectivity index (χ1v) is 12.4. The molecule has 3 heterocycles. The number of halogens is 1. The third-order valence-electron chi connectivity index (χ3n) is 5.64.